The van der Waals surface area contributed by atoms with Crippen LogP contribution in [0.3, 0.4) is 0 Å². The Hall–Kier alpha value is -3.68. The number of nitrogens with zero attached hydrogens (tertiary/aromatic N) is 2. The molecule has 166 valence electrons. The standard InChI is InChI=1S/C24H24FN3O4/c25-18-6-9-19(10-7-18)31-12-11-26-24-27-14-21(23(29)30)22(28-24)15-32-20-8-5-16-3-1-2-4-17(16)13-20/h5-10,13-14H,1-4,11-12,15H2,(H,29,30)(H,26,27,28). The highest BCUT2D eigenvalue weighted by molar-refractivity contribution is 5.88. The van der Waals surface area contributed by atoms with Gasteiger partial charge in [0.25, 0.3) is 0 Å². The van der Waals surface area contributed by atoms with Gasteiger partial charge in [-0.05, 0) is 73.2 Å². The molecule has 0 aliphatic heterocycles. The van der Waals surface area contributed by atoms with Crippen molar-refractivity contribution >= 4 is 11.9 Å². The summed E-state index contributed by atoms with van der Waals surface area (Å²) in [5.74, 6) is 0.0896. The molecule has 1 heterocycles. The maximum atomic E-state index is 12.9. The number of rotatable bonds is 9. The molecule has 0 fully saturated rings. The van der Waals surface area contributed by atoms with E-state index in [1.807, 2.05) is 12.1 Å². The average molecular weight is 437 g/mol. The lowest BCUT2D eigenvalue weighted by atomic mass is 9.92. The van der Waals surface area contributed by atoms with E-state index in [0.29, 0.717) is 24.7 Å². The minimum Gasteiger partial charge on any atom is -0.492 e. The van der Waals surface area contributed by atoms with Crippen molar-refractivity contribution in [3.8, 4) is 11.5 Å². The first-order chi connectivity index (χ1) is 15.6. The molecular weight excluding hydrogens is 413 g/mol. The molecule has 0 amide bonds. The van der Waals surface area contributed by atoms with E-state index >= 15 is 0 Å². The highest BCUT2D eigenvalue weighted by atomic mass is 19.1. The van der Waals surface area contributed by atoms with Gasteiger partial charge in [-0.3, -0.25) is 0 Å². The second kappa shape index (κ2) is 10.1. The Kier molecular flexibility index (Phi) is 6.79. The summed E-state index contributed by atoms with van der Waals surface area (Å²) in [6.45, 7) is 0.704. The van der Waals surface area contributed by atoms with Crippen LogP contribution in [0.2, 0.25) is 0 Å². The van der Waals surface area contributed by atoms with Crippen molar-refractivity contribution in [3.63, 3.8) is 0 Å². The smallest absolute Gasteiger partial charge is 0.339 e. The van der Waals surface area contributed by atoms with Gasteiger partial charge < -0.3 is 19.9 Å². The van der Waals surface area contributed by atoms with Crippen LogP contribution in [0.15, 0.2) is 48.7 Å². The molecule has 0 saturated carbocycles. The predicted molar refractivity (Wildman–Crippen MR) is 117 cm³/mol. The van der Waals surface area contributed by atoms with Gasteiger partial charge in [0.05, 0.1) is 12.2 Å². The van der Waals surface area contributed by atoms with Gasteiger partial charge in [-0.2, -0.15) is 0 Å². The normalized spacial score (nSPS) is 12.7. The quantitative estimate of drug-likeness (QED) is 0.483. The minimum absolute atomic E-state index is 0.00364. The second-order valence-corrected chi connectivity index (χ2v) is 7.51. The Morgan fingerprint density at radius 3 is 2.56 bits per heavy atom. The van der Waals surface area contributed by atoms with E-state index in [9.17, 15) is 14.3 Å². The van der Waals surface area contributed by atoms with E-state index in [4.69, 9.17) is 9.47 Å². The lowest BCUT2D eigenvalue weighted by Gasteiger charge is -2.17. The van der Waals surface area contributed by atoms with Gasteiger partial charge in [-0.15, -0.1) is 0 Å². The average Bonchev–Trinajstić information content (AvgIpc) is 2.81. The number of ether oxygens (including phenoxy) is 2. The molecule has 2 aromatic carbocycles. The Balaban J connectivity index is 1.37. The summed E-state index contributed by atoms with van der Waals surface area (Å²) < 4.78 is 24.3. The monoisotopic (exact) mass is 437 g/mol. The van der Waals surface area contributed by atoms with Crippen molar-refractivity contribution in [3.05, 3.63) is 76.9 Å². The Morgan fingerprint density at radius 1 is 1.03 bits per heavy atom. The third-order valence-corrected chi connectivity index (χ3v) is 5.26. The van der Waals surface area contributed by atoms with Crippen LogP contribution >= 0.6 is 0 Å². The fraction of sp³-hybridized carbons (Fsp3) is 0.292. The first kappa shape index (κ1) is 21.5. The number of hydrogen-bond donors (Lipinski definition) is 2. The zero-order valence-corrected chi connectivity index (χ0v) is 17.5. The van der Waals surface area contributed by atoms with Gasteiger partial charge in [0.1, 0.15) is 36.1 Å². The number of halogens is 1. The Bertz CT molecular complexity index is 1090. The molecule has 32 heavy (non-hydrogen) atoms. The third kappa shape index (κ3) is 5.51. The molecule has 4 rings (SSSR count). The van der Waals surface area contributed by atoms with Gasteiger partial charge in [0, 0.05) is 6.20 Å². The Morgan fingerprint density at radius 2 is 1.78 bits per heavy atom. The number of anilines is 1. The lowest BCUT2D eigenvalue weighted by Crippen LogP contribution is -2.16. The molecular formula is C24H24FN3O4. The number of carboxylic acid groups (broad SMARTS) is 1. The van der Waals surface area contributed by atoms with E-state index in [0.717, 1.165) is 12.8 Å². The molecule has 1 aromatic heterocycles. The molecule has 0 unspecified atom stereocenters. The topological polar surface area (TPSA) is 93.6 Å². The van der Waals surface area contributed by atoms with Crippen LogP contribution in [0.5, 0.6) is 11.5 Å². The van der Waals surface area contributed by atoms with Crippen molar-refractivity contribution in [2.24, 2.45) is 0 Å². The zero-order chi connectivity index (χ0) is 22.3. The molecule has 0 radical (unpaired) electrons. The third-order valence-electron chi connectivity index (χ3n) is 5.26. The predicted octanol–water partition coefficient (Wildman–Crippen LogP) is 4.26. The molecule has 0 bridgehead atoms. The molecule has 0 atom stereocenters. The van der Waals surface area contributed by atoms with E-state index in [-0.39, 0.29) is 29.6 Å². The zero-order valence-electron chi connectivity index (χ0n) is 17.5. The van der Waals surface area contributed by atoms with Crippen molar-refractivity contribution in [2.75, 3.05) is 18.5 Å². The van der Waals surface area contributed by atoms with Gasteiger partial charge in [0.2, 0.25) is 5.95 Å². The van der Waals surface area contributed by atoms with Crippen LogP contribution in [-0.4, -0.2) is 34.2 Å². The summed E-state index contributed by atoms with van der Waals surface area (Å²) >= 11 is 0. The minimum atomic E-state index is -1.11. The summed E-state index contributed by atoms with van der Waals surface area (Å²) in [6, 6.07) is 11.8. The van der Waals surface area contributed by atoms with E-state index in [1.165, 1.54) is 42.3 Å². The van der Waals surface area contributed by atoms with Gasteiger partial charge in [0.15, 0.2) is 0 Å². The molecule has 8 heteroatoms. The maximum Gasteiger partial charge on any atom is 0.339 e. The number of aromatic carboxylic acids is 1. The number of aromatic nitrogens is 2. The van der Waals surface area contributed by atoms with Crippen LogP contribution in [0.1, 0.15) is 40.0 Å². The molecule has 0 spiro atoms. The van der Waals surface area contributed by atoms with Crippen molar-refractivity contribution in [2.45, 2.75) is 32.3 Å². The molecule has 1 aliphatic carbocycles. The summed E-state index contributed by atoms with van der Waals surface area (Å²) in [7, 11) is 0. The molecule has 1 aliphatic rings. The van der Waals surface area contributed by atoms with Crippen molar-refractivity contribution < 1.29 is 23.8 Å². The summed E-state index contributed by atoms with van der Waals surface area (Å²) in [6.07, 6.45) is 5.77. The van der Waals surface area contributed by atoms with E-state index in [2.05, 4.69) is 21.4 Å². The van der Waals surface area contributed by atoms with Crippen LogP contribution in [0.25, 0.3) is 0 Å². The fourth-order valence-corrected chi connectivity index (χ4v) is 3.60. The SMILES string of the molecule is O=C(O)c1cnc(NCCOc2ccc(F)cc2)nc1COc1ccc2c(c1)CCCC2. The number of fused-ring (bicyclic) bond motifs is 1. The molecule has 0 saturated heterocycles. The van der Waals surface area contributed by atoms with Crippen LogP contribution in [0, 0.1) is 5.82 Å². The number of benzene rings is 2. The van der Waals surface area contributed by atoms with Crippen LogP contribution < -0.4 is 14.8 Å². The lowest BCUT2D eigenvalue weighted by molar-refractivity contribution is 0.0692. The highest BCUT2D eigenvalue weighted by Crippen LogP contribution is 2.26. The van der Waals surface area contributed by atoms with E-state index in [1.54, 1.807) is 12.1 Å². The van der Waals surface area contributed by atoms with Crippen molar-refractivity contribution in [1.82, 2.24) is 9.97 Å². The maximum absolute atomic E-state index is 12.9. The second-order valence-electron chi connectivity index (χ2n) is 7.51. The van der Waals surface area contributed by atoms with E-state index < -0.39 is 5.97 Å². The van der Waals surface area contributed by atoms with Crippen molar-refractivity contribution in [1.29, 1.82) is 0 Å². The fourth-order valence-electron chi connectivity index (χ4n) is 3.60. The summed E-state index contributed by atoms with van der Waals surface area (Å²) in [5, 5.41) is 12.5. The van der Waals surface area contributed by atoms with Crippen LogP contribution in [0.4, 0.5) is 10.3 Å². The molecule has 7 nitrogen and oxygen atoms in total. The van der Waals surface area contributed by atoms with Gasteiger partial charge in [-0.25, -0.2) is 19.2 Å². The van der Waals surface area contributed by atoms with Gasteiger partial charge in [-0.1, -0.05) is 6.07 Å². The Labute approximate surface area is 185 Å². The highest BCUT2D eigenvalue weighted by Gasteiger charge is 2.15. The number of nitrogens with one attached hydrogen (secondary N) is 1. The molecule has 3 aromatic rings. The number of carboxylic acids is 1. The summed E-state index contributed by atoms with van der Waals surface area (Å²) in [5.41, 5.74) is 2.92. The first-order valence-corrected chi connectivity index (χ1v) is 10.5. The molecule has 2 N–H and O–H groups in total. The summed E-state index contributed by atoms with van der Waals surface area (Å²) in [4.78, 5) is 20.0. The number of carbonyl (C=O) groups is 1. The van der Waals surface area contributed by atoms with Gasteiger partial charge >= 0.3 is 5.97 Å². The number of hydrogen-bond acceptors (Lipinski definition) is 6. The largest absolute Gasteiger partial charge is 0.492 e. The first-order valence-electron chi connectivity index (χ1n) is 10.5. The van der Waals surface area contributed by atoms with Crippen LogP contribution in [-0.2, 0) is 19.4 Å². The number of aryl methyl sites for hydroxylation is 2.